The van der Waals surface area contributed by atoms with Gasteiger partial charge in [-0.15, -0.1) is 11.3 Å². The third kappa shape index (κ3) is 1.53. The SMILES string of the molecule is COC(CN)c1cscn1. The van der Waals surface area contributed by atoms with E-state index in [-0.39, 0.29) is 6.10 Å². The summed E-state index contributed by atoms with van der Waals surface area (Å²) in [6.45, 7) is 0.486. The highest BCUT2D eigenvalue weighted by Gasteiger charge is 2.08. The van der Waals surface area contributed by atoms with E-state index in [2.05, 4.69) is 4.98 Å². The Bertz CT molecular complexity index is 172. The van der Waals surface area contributed by atoms with E-state index in [0.717, 1.165) is 5.69 Å². The smallest absolute Gasteiger partial charge is 0.112 e. The quantitative estimate of drug-likeness (QED) is 0.707. The van der Waals surface area contributed by atoms with Gasteiger partial charge in [0.2, 0.25) is 0 Å². The van der Waals surface area contributed by atoms with Gasteiger partial charge >= 0.3 is 0 Å². The predicted octanol–water partition coefficient (Wildman–Crippen LogP) is 0.789. The summed E-state index contributed by atoms with van der Waals surface area (Å²) in [7, 11) is 1.64. The molecule has 3 nitrogen and oxygen atoms in total. The fourth-order valence-electron chi connectivity index (χ4n) is 0.719. The molecule has 1 atom stereocenters. The molecule has 10 heavy (non-hydrogen) atoms. The molecule has 0 amide bonds. The largest absolute Gasteiger partial charge is 0.374 e. The monoisotopic (exact) mass is 158 g/mol. The van der Waals surface area contributed by atoms with Gasteiger partial charge in [0, 0.05) is 19.0 Å². The topological polar surface area (TPSA) is 48.1 Å². The lowest BCUT2D eigenvalue weighted by atomic mass is 10.3. The minimum Gasteiger partial charge on any atom is -0.374 e. The number of nitrogens with two attached hydrogens (primary N) is 1. The van der Waals surface area contributed by atoms with Crippen LogP contribution in [0, 0.1) is 0 Å². The van der Waals surface area contributed by atoms with Crippen LogP contribution in [0.1, 0.15) is 11.8 Å². The highest BCUT2D eigenvalue weighted by Crippen LogP contribution is 2.13. The van der Waals surface area contributed by atoms with Gasteiger partial charge in [-0.3, -0.25) is 0 Å². The van der Waals surface area contributed by atoms with Crippen molar-refractivity contribution in [2.24, 2.45) is 5.73 Å². The molecule has 0 aliphatic heterocycles. The number of hydrogen-bond acceptors (Lipinski definition) is 4. The molecule has 2 N–H and O–H groups in total. The summed E-state index contributed by atoms with van der Waals surface area (Å²) in [5.41, 5.74) is 8.11. The van der Waals surface area contributed by atoms with Crippen molar-refractivity contribution in [3.05, 3.63) is 16.6 Å². The van der Waals surface area contributed by atoms with Gasteiger partial charge in [-0.2, -0.15) is 0 Å². The van der Waals surface area contributed by atoms with E-state index in [1.165, 1.54) is 0 Å². The highest BCUT2D eigenvalue weighted by atomic mass is 32.1. The first-order chi connectivity index (χ1) is 4.88. The van der Waals surface area contributed by atoms with Crippen molar-refractivity contribution >= 4 is 11.3 Å². The number of aromatic nitrogens is 1. The van der Waals surface area contributed by atoms with Crippen LogP contribution in [0.3, 0.4) is 0 Å². The Balaban J connectivity index is 2.64. The lowest BCUT2D eigenvalue weighted by Gasteiger charge is -2.08. The molecule has 0 radical (unpaired) electrons. The first-order valence-electron chi connectivity index (χ1n) is 2.99. The summed E-state index contributed by atoms with van der Waals surface area (Å²) in [5, 5.41) is 1.95. The standard InChI is InChI=1S/C6H10N2OS/c1-9-6(2-7)5-3-10-4-8-5/h3-4,6H,2,7H2,1H3. The van der Waals surface area contributed by atoms with Crippen LogP contribution in [-0.2, 0) is 4.74 Å². The second kappa shape index (κ2) is 3.65. The lowest BCUT2D eigenvalue weighted by Crippen LogP contribution is -2.14. The second-order valence-electron chi connectivity index (χ2n) is 1.87. The van der Waals surface area contributed by atoms with E-state index in [0.29, 0.717) is 6.54 Å². The summed E-state index contributed by atoms with van der Waals surface area (Å²) in [5.74, 6) is 0. The lowest BCUT2D eigenvalue weighted by molar-refractivity contribution is 0.107. The van der Waals surface area contributed by atoms with Crippen molar-refractivity contribution in [3.8, 4) is 0 Å². The van der Waals surface area contributed by atoms with Crippen molar-refractivity contribution in [3.63, 3.8) is 0 Å². The molecule has 0 aliphatic rings. The molecular formula is C6H10N2OS. The summed E-state index contributed by atoms with van der Waals surface area (Å²) >= 11 is 1.55. The molecule has 1 heterocycles. The summed E-state index contributed by atoms with van der Waals surface area (Å²) < 4.78 is 5.06. The zero-order chi connectivity index (χ0) is 7.40. The fraction of sp³-hybridized carbons (Fsp3) is 0.500. The van der Waals surface area contributed by atoms with Gasteiger partial charge < -0.3 is 10.5 Å². The van der Waals surface area contributed by atoms with Gasteiger partial charge in [-0.25, -0.2) is 4.98 Å². The average molecular weight is 158 g/mol. The minimum atomic E-state index is -0.0359. The molecular weight excluding hydrogens is 148 g/mol. The van der Waals surface area contributed by atoms with Crippen molar-refractivity contribution in [1.82, 2.24) is 4.98 Å². The number of rotatable bonds is 3. The summed E-state index contributed by atoms with van der Waals surface area (Å²) in [6.07, 6.45) is -0.0359. The minimum absolute atomic E-state index is 0.0359. The van der Waals surface area contributed by atoms with Crippen LogP contribution >= 0.6 is 11.3 Å². The Morgan fingerprint density at radius 2 is 2.70 bits per heavy atom. The fourth-order valence-corrected chi connectivity index (χ4v) is 1.31. The van der Waals surface area contributed by atoms with Crippen molar-refractivity contribution in [2.75, 3.05) is 13.7 Å². The van der Waals surface area contributed by atoms with Gasteiger partial charge in [-0.1, -0.05) is 0 Å². The Hall–Kier alpha value is -0.450. The normalized spacial score (nSPS) is 13.4. The molecule has 56 valence electrons. The third-order valence-corrected chi connectivity index (χ3v) is 1.88. The van der Waals surface area contributed by atoms with Gasteiger partial charge in [0.25, 0.3) is 0 Å². The molecule has 0 spiro atoms. The number of ether oxygens (including phenoxy) is 1. The van der Waals surface area contributed by atoms with Crippen molar-refractivity contribution in [2.45, 2.75) is 6.10 Å². The molecule has 0 fully saturated rings. The van der Waals surface area contributed by atoms with Crippen LogP contribution in [0.25, 0.3) is 0 Å². The molecule has 1 rings (SSSR count). The van der Waals surface area contributed by atoms with Gasteiger partial charge in [0.1, 0.15) is 6.10 Å². The number of methoxy groups -OCH3 is 1. The molecule has 0 aliphatic carbocycles. The molecule has 4 heteroatoms. The van der Waals surface area contributed by atoms with E-state index in [9.17, 15) is 0 Å². The Morgan fingerprint density at radius 1 is 1.90 bits per heavy atom. The summed E-state index contributed by atoms with van der Waals surface area (Å²) in [4.78, 5) is 4.07. The van der Waals surface area contributed by atoms with E-state index in [1.807, 2.05) is 5.38 Å². The average Bonchev–Trinajstić information content (AvgIpc) is 2.43. The molecule has 1 unspecified atom stereocenters. The maximum atomic E-state index is 5.41. The number of hydrogen-bond donors (Lipinski definition) is 1. The van der Waals surface area contributed by atoms with Crippen molar-refractivity contribution < 1.29 is 4.74 Å². The highest BCUT2D eigenvalue weighted by molar-refractivity contribution is 7.07. The Morgan fingerprint density at radius 3 is 3.10 bits per heavy atom. The second-order valence-corrected chi connectivity index (χ2v) is 2.59. The molecule has 0 aromatic carbocycles. The predicted molar refractivity (Wildman–Crippen MR) is 40.9 cm³/mol. The Labute approximate surface area is 63.8 Å². The van der Waals surface area contributed by atoms with Crippen LogP contribution < -0.4 is 5.73 Å². The first kappa shape index (κ1) is 7.65. The zero-order valence-electron chi connectivity index (χ0n) is 5.78. The number of thiazole rings is 1. The van der Waals surface area contributed by atoms with E-state index in [1.54, 1.807) is 24.0 Å². The zero-order valence-corrected chi connectivity index (χ0v) is 6.60. The van der Waals surface area contributed by atoms with Gasteiger partial charge in [-0.05, 0) is 0 Å². The molecule has 0 bridgehead atoms. The first-order valence-corrected chi connectivity index (χ1v) is 3.93. The van der Waals surface area contributed by atoms with E-state index >= 15 is 0 Å². The van der Waals surface area contributed by atoms with Crippen LogP contribution in [-0.4, -0.2) is 18.6 Å². The molecule has 0 saturated heterocycles. The van der Waals surface area contributed by atoms with Crippen LogP contribution in [0.15, 0.2) is 10.9 Å². The number of nitrogens with zero attached hydrogens (tertiary/aromatic N) is 1. The van der Waals surface area contributed by atoms with Gasteiger partial charge in [0.05, 0.1) is 11.2 Å². The van der Waals surface area contributed by atoms with Crippen LogP contribution in [0.2, 0.25) is 0 Å². The van der Waals surface area contributed by atoms with E-state index < -0.39 is 0 Å². The third-order valence-electron chi connectivity index (χ3n) is 1.28. The maximum absolute atomic E-state index is 5.41. The molecule has 0 saturated carbocycles. The van der Waals surface area contributed by atoms with Crippen LogP contribution in [0.5, 0.6) is 0 Å². The summed E-state index contributed by atoms with van der Waals surface area (Å²) in [6, 6.07) is 0. The Kier molecular flexibility index (Phi) is 2.80. The van der Waals surface area contributed by atoms with E-state index in [4.69, 9.17) is 10.5 Å². The van der Waals surface area contributed by atoms with Crippen LogP contribution in [0.4, 0.5) is 0 Å². The van der Waals surface area contributed by atoms with Gasteiger partial charge in [0.15, 0.2) is 0 Å². The maximum Gasteiger partial charge on any atom is 0.112 e. The molecule has 1 aromatic heterocycles. The molecule has 1 aromatic rings. The van der Waals surface area contributed by atoms with Crippen molar-refractivity contribution in [1.29, 1.82) is 0 Å².